The Labute approximate surface area is 163 Å². The summed E-state index contributed by atoms with van der Waals surface area (Å²) >= 11 is 0. The molecule has 0 spiro atoms. The zero-order chi connectivity index (χ0) is 20.3. The molecule has 2 heterocycles. The van der Waals surface area contributed by atoms with E-state index in [-0.39, 0.29) is 0 Å². The molecule has 0 saturated carbocycles. The average molecular weight is 392 g/mol. The molecule has 1 aromatic carbocycles. The van der Waals surface area contributed by atoms with Gasteiger partial charge in [-0.1, -0.05) is 6.08 Å². The molecule has 1 aliphatic heterocycles. The van der Waals surface area contributed by atoms with E-state index < -0.39 is 37.3 Å². The Hall–Kier alpha value is -1.94. The Balaban J connectivity index is 1.74. The minimum atomic E-state index is -1.47. The fraction of sp³-hybridized carbons (Fsp3) is 0.500. The number of benzene rings is 1. The second-order valence-corrected chi connectivity index (χ2v) is 7.14. The van der Waals surface area contributed by atoms with Crippen molar-refractivity contribution < 1.29 is 29.9 Å². The molecule has 3 rings (SSSR count). The van der Waals surface area contributed by atoms with Crippen LogP contribution in [0.1, 0.15) is 5.56 Å². The van der Waals surface area contributed by atoms with Gasteiger partial charge in [-0.05, 0) is 37.2 Å². The molecule has 0 aliphatic carbocycles. The third-order valence-corrected chi connectivity index (χ3v) is 5.04. The smallest absolute Gasteiger partial charge is 0.229 e. The van der Waals surface area contributed by atoms with Gasteiger partial charge >= 0.3 is 0 Å². The topological polar surface area (TPSA) is 118 Å². The average Bonchev–Trinajstić information content (AvgIpc) is 3.09. The molecule has 0 amide bonds. The maximum atomic E-state index is 10.1. The lowest BCUT2D eigenvalue weighted by Gasteiger charge is -2.39. The Morgan fingerprint density at radius 2 is 2.04 bits per heavy atom. The van der Waals surface area contributed by atoms with Gasteiger partial charge in [0, 0.05) is 30.2 Å². The molecular formula is C20H28N2O6. The number of nitrogens with one attached hydrogen (secondary N) is 1. The van der Waals surface area contributed by atoms with E-state index in [1.807, 2.05) is 31.5 Å². The number of aromatic amines is 1. The minimum absolute atomic E-state index is 0.456. The molecule has 5 atom stereocenters. The van der Waals surface area contributed by atoms with Crippen molar-refractivity contribution in [1.82, 2.24) is 9.88 Å². The number of hydrogen-bond acceptors (Lipinski definition) is 7. The van der Waals surface area contributed by atoms with E-state index in [9.17, 15) is 20.4 Å². The van der Waals surface area contributed by atoms with Crippen molar-refractivity contribution in [3.8, 4) is 5.75 Å². The van der Waals surface area contributed by atoms with Crippen molar-refractivity contribution in [1.29, 1.82) is 0 Å². The molecule has 2 aromatic rings. The third kappa shape index (κ3) is 4.38. The number of rotatable bonds is 8. The minimum Gasteiger partial charge on any atom is -0.462 e. The summed E-state index contributed by atoms with van der Waals surface area (Å²) in [6.07, 6.45) is -1.86. The van der Waals surface area contributed by atoms with Crippen LogP contribution in [-0.4, -0.2) is 87.8 Å². The first-order valence-electron chi connectivity index (χ1n) is 9.31. The first-order valence-corrected chi connectivity index (χ1v) is 9.31. The van der Waals surface area contributed by atoms with Gasteiger partial charge in [0.25, 0.3) is 0 Å². The molecule has 5 unspecified atom stereocenters. The number of nitrogens with zero attached hydrogens (tertiary/aromatic N) is 1. The van der Waals surface area contributed by atoms with E-state index in [4.69, 9.17) is 9.47 Å². The molecule has 8 nitrogen and oxygen atoms in total. The van der Waals surface area contributed by atoms with Gasteiger partial charge in [0.15, 0.2) is 0 Å². The Morgan fingerprint density at radius 1 is 1.25 bits per heavy atom. The van der Waals surface area contributed by atoms with Gasteiger partial charge in [0.1, 0.15) is 30.2 Å². The van der Waals surface area contributed by atoms with Gasteiger partial charge in [0.2, 0.25) is 6.29 Å². The molecule has 0 bridgehead atoms. The van der Waals surface area contributed by atoms with Crippen LogP contribution in [0, 0.1) is 0 Å². The van der Waals surface area contributed by atoms with Gasteiger partial charge in [-0.15, -0.1) is 6.58 Å². The lowest BCUT2D eigenvalue weighted by Crippen LogP contribution is -2.60. The predicted octanol–water partition coefficient (Wildman–Crippen LogP) is 0.00690. The number of fused-ring (bicyclic) bond motifs is 1. The molecule has 1 aromatic heterocycles. The summed E-state index contributed by atoms with van der Waals surface area (Å²) in [5.41, 5.74) is 2.09. The number of H-pyrrole nitrogens is 1. The quantitative estimate of drug-likeness (QED) is 0.402. The number of aliphatic hydroxyl groups is 4. The molecule has 1 aliphatic rings. The number of ether oxygens (including phenoxy) is 2. The summed E-state index contributed by atoms with van der Waals surface area (Å²) in [6.45, 7) is 4.93. The van der Waals surface area contributed by atoms with Crippen molar-refractivity contribution in [2.75, 3.05) is 26.7 Å². The fourth-order valence-corrected chi connectivity index (χ4v) is 3.36. The zero-order valence-electron chi connectivity index (χ0n) is 15.9. The van der Waals surface area contributed by atoms with E-state index in [0.717, 1.165) is 36.0 Å². The van der Waals surface area contributed by atoms with Crippen LogP contribution in [0.5, 0.6) is 5.75 Å². The predicted molar refractivity (Wildman–Crippen MR) is 104 cm³/mol. The first-order chi connectivity index (χ1) is 13.4. The summed E-state index contributed by atoms with van der Waals surface area (Å²) in [7, 11) is 2.03. The molecule has 5 N–H and O–H groups in total. The molecule has 1 saturated heterocycles. The second kappa shape index (κ2) is 9.04. The van der Waals surface area contributed by atoms with Gasteiger partial charge in [0.05, 0.1) is 6.61 Å². The maximum absolute atomic E-state index is 10.1. The van der Waals surface area contributed by atoms with E-state index in [2.05, 4.69) is 16.5 Å². The zero-order valence-corrected chi connectivity index (χ0v) is 15.9. The maximum Gasteiger partial charge on any atom is 0.229 e. The van der Waals surface area contributed by atoms with Crippen LogP contribution in [0.2, 0.25) is 0 Å². The van der Waals surface area contributed by atoms with Gasteiger partial charge in [-0.25, -0.2) is 0 Å². The summed E-state index contributed by atoms with van der Waals surface area (Å²) < 4.78 is 11.1. The highest BCUT2D eigenvalue weighted by Gasteiger charge is 2.44. The third-order valence-electron chi connectivity index (χ3n) is 5.04. The largest absolute Gasteiger partial charge is 0.462 e. The van der Waals surface area contributed by atoms with Crippen LogP contribution in [0.4, 0.5) is 0 Å². The van der Waals surface area contributed by atoms with Crippen LogP contribution in [0.25, 0.3) is 10.9 Å². The number of hydrogen-bond donors (Lipinski definition) is 5. The fourth-order valence-electron chi connectivity index (χ4n) is 3.36. The van der Waals surface area contributed by atoms with Gasteiger partial charge in [-0.3, -0.25) is 0 Å². The molecule has 154 valence electrons. The summed E-state index contributed by atoms with van der Waals surface area (Å²) in [6, 6.07) is 5.44. The van der Waals surface area contributed by atoms with Crippen LogP contribution in [0.15, 0.2) is 37.1 Å². The van der Waals surface area contributed by atoms with E-state index in [1.165, 1.54) is 0 Å². The molecular weight excluding hydrogens is 364 g/mol. The highest BCUT2D eigenvalue weighted by atomic mass is 16.7. The highest BCUT2D eigenvalue weighted by Crippen LogP contribution is 2.28. The summed E-state index contributed by atoms with van der Waals surface area (Å²) in [5, 5.41) is 40.2. The number of aliphatic hydroxyl groups excluding tert-OH is 4. The normalized spacial score (nSPS) is 28.0. The van der Waals surface area contributed by atoms with E-state index in [0.29, 0.717) is 5.75 Å². The van der Waals surface area contributed by atoms with Crippen LogP contribution >= 0.6 is 0 Å². The lowest BCUT2D eigenvalue weighted by molar-refractivity contribution is -0.277. The van der Waals surface area contributed by atoms with Crippen LogP contribution in [0.3, 0.4) is 0 Å². The molecule has 8 heteroatoms. The van der Waals surface area contributed by atoms with E-state index in [1.54, 1.807) is 6.07 Å². The van der Waals surface area contributed by atoms with Gasteiger partial charge in [-0.2, -0.15) is 0 Å². The first kappa shape index (κ1) is 20.8. The van der Waals surface area contributed by atoms with Crippen molar-refractivity contribution in [2.24, 2.45) is 0 Å². The summed E-state index contributed by atoms with van der Waals surface area (Å²) in [4.78, 5) is 5.40. The Bertz CT molecular complexity index is 792. The van der Waals surface area contributed by atoms with Crippen LogP contribution < -0.4 is 4.74 Å². The van der Waals surface area contributed by atoms with Crippen molar-refractivity contribution in [2.45, 2.75) is 37.1 Å². The highest BCUT2D eigenvalue weighted by molar-refractivity contribution is 5.84. The molecule has 1 fully saturated rings. The number of likely N-dealkylation sites (N-methyl/N-ethyl adjacent to an activating group) is 1. The monoisotopic (exact) mass is 392 g/mol. The number of aromatic nitrogens is 1. The van der Waals surface area contributed by atoms with E-state index >= 15 is 0 Å². The molecule has 0 radical (unpaired) electrons. The lowest BCUT2D eigenvalue weighted by atomic mass is 9.99. The van der Waals surface area contributed by atoms with Crippen molar-refractivity contribution in [3.05, 3.63) is 42.6 Å². The van der Waals surface area contributed by atoms with Crippen molar-refractivity contribution >= 4 is 10.9 Å². The SMILES string of the molecule is C=CCN(C)CCc1c[nH]c2ccc(OC3OC(CO)C(O)C(O)C3O)cc12. The Kier molecular flexibility index (Phi) is 6.71. The second-order valence-electron chi connectivity index (χ2n) is 7.14. The molecule has 28 heavy (non-hydrogen) atoms. The van der Waals surface area contributed by atoms with Crippen molar-refractivity contribution in [3.63, 3.8) is 0 Å². The van der Waals surface area contributed by atoms with Crippen LogP contribution in [-0.2, 0) is 11.2 Å². The summed E-state index contributed by atoms with van der Waals surface area (Å²) in [5.74, 6) is 0.456. The standard InChI is InChI=1S/C20H28N2O6/c1-3-7-22(2)8-6-12-10-21-15-5-4-13(9-14(12)15)27-20-19(26)18(25)17(24)16(11-23)28-20/h3-5,9-10,16-21,23-26H,1,6-8,11H2,2H3. The Morgan fingerprint density at radius 3 is 2.75 bits per heavy atom. The van der Waals surface area contributed by atoms with Gasteiger partial charge < -0.3 is 39.8 Å².